The number of alkyl halides is 4. The Morgan fingerprint density at radius 3 is 1.66 bits per heavy atom. The van der Waals surface area contributed by atoms with Crippen LogP contribution < -0.4 is 4.90 Å². The second kappa shape index (κ2) is 44.8. The molecule has 0 heterocycles. The van der Waals surface area contributed by atoms with E-state index in [1.807, 2.05) is 32.9 Å². The third-order valence-electron chi connectivity index (χ3n) is 2.41. The Balaban J connectivity index is -0.0000000858. The molecule has 172 valence electrons. The van der Waals surface area contributed by atoms with Crippen LogP contribution in [0.2, 0.25) is 0 Å². The summed E-state index contributed by atoms with van der Waals surface area (Å²) in [4.78, 5) is 2.21. The molecule has 0 amide bonds. The smallest absolute Gasteiger partial charge is 0.0785 e. The third-order valence-corrected chi connectivity index (χ3v) is 2.41. The molecule has 0 bridgehead atoms. The van der Waals surface area contributed by atoms with Gasteiger partial charge in [-0.25, -0.2) is 0 Å². The number of halogens is 4. The van der Waals surface area contributed by atoms with E-state index in [-0.39, 0.29) is 0 Å². The summed E-state index contributed by atoms with van der Waals surface area (Å²) in [6.07, 6.45) is 7.47. The molecule has 5 heteroatoms. The van der Waals surface area contributed by atoms with Gasteiger partial charge in [-0.1, -0.05) is 50.8 Å². The summed E-state index contributed by atoms with van der Waals surface area (Å²) in [7, 11) is 2.00. The maximum absolute atomic E-state index is 9.50. The van der Waals surface area contributed by atoms with Crippen LogP contribution in [0.5, 0.6) is 0 Å². The van der Waals surface area contributed by atoms with E-state index in [9.17, 15) is 17.6 Å². The molecule has 0 N–H and O–H groups in total. The molecule has 0 saturated carbocycles. The second-order valence-electron chi connectivity index (χ2n) is 4.19. The highest BCUT2D eigenvalue weighted by molar-refractivity contribution is 5.54. The van der Waals surface area contributed by atoms with Crippen molar-refractivity contribution in [1.29, 1.82) is 0 Å². The first-order valence-electron chi connectivity index (χ1n) is 8.93. The van der Waals surface area contributed by atoms with Gasteiger partial charge < -0.3 is 4.90 Å². The Morgan fingerprint density at radius 2 is 1.34 bits per heavy atom. The minimum atomic E-state index is 0.500. The van der Waals surface area contributed by atoms with Crippen molar-refractivity contribution in [3.05, 3.63) is 79.6 Å². The van der Waals surface area contributed by atoms with Gasteiger partial charge in [0.25, 0.3) is 0 Å². The van der Waals surface area contributed by atoms with Gasteiger partial charge in [0.15, 0.2) is 0 Å². The fourth-order valence-electron chi connectivity index (χ4n) is 1.64. The summed E-state index contributed by atoms with van der Waals surface area (Å²) in [6, 6.07) is 8.45. The van der Waals surface area contributed by atoms with E-state index in [1.54, 1.807) is 12.2 Å². The molecule has 0 aliphatic rings. The van der Waals surface area contributed by atoms with Crippen LogP contribution in [-0.2, 0) is 0 Å². The van der Waals surface area contributed by atoms with Crippen molar-refractivity contribution < 1.29 is 17.6 Å². The van der Waals surface area contributed by atoms with Crippen LogP contribution in [0.3, 0.4) is 0 Å². The summed E-state index contributed by atoms with van der Waals surface area (Å²) < 4.78 is 38.0. The molecule has 0 saturated heterocycles. The Bertz CT molecular complexity index is 458. The van der Waals surface area contributed by atoms with Crippen molar-refractivity contribution in [3.63, 3.8) is 0 Å². The normalized spacial score (nSPS) is 7.55. The lowest BCUT2D eigenvalue weighted by atomic mass is 10.2. The number of allylic oxidation sites excluding steroid dienone is 4. The van der Waals surface area contributed by atoms with Gasteiger partial charge in [-0.15, -0.1) is 13.2 Å². The molecule has 1 nitrogen and oxygen atoms in total. The minimum absolute atomic E-state index is 0.500. The van der Waals surface area contributed by atoms with Crippen molar-refractivity contribution in [2.24, 2.45) is 0 Å². The zero-order chi connectivity index (χ0) is 24.7. The van der Waals surface area contributed by atoms with E-state index < -0.39 is 0 Å². The van der Waals surface area contributed by atoms with Crippen LogP contribution in [0.4, 0.5) is 23.2 Å². The molecule has 1 aromatic carbocycles. The third kappa shape index (κ3) is 30.7. The van der Waals surface area contributed by atoms with Gasteiger partial charge in [0, 0.05) is 17.9 Å². The van der Waals surface area contributed by atoms with Gasteiger partial charge in [0.2, 0.25) is 0 Å². The fourth-order valence-corrected chi connectivity index (χ4v) is 1.64. The summed E-state index contributed by atoms with van der Waals surface area (Å²) in [5.74, 6) is 0. The van der Waals surface area contributed by atoms with Gasteiger partial charge in [-0.3, -0.25) is 17.6 Å². The molecule has 0 aliphatic carbocycles. The second-order valence-corrected chi connectivity index (χ2v) is 4.19. The van der Waals surface area contributed by atoms with Gasteiger partial charge in [-0.05, 0) is 44.5 Å². The first-order chi connectivity index (χ1) is 14.1. The molecule has 29 heavy (non-hydrogen) atoms. The van der Waals surface area contributed by atoms with Crippen molar-refractivity contribution in [2.75, 3.05) is 40.2 Å². The standard InChI is InChI=1S/C15H19N.C3H6.C2H6.4CH3F/c1-5-8-14(4)16(11-6-2)15-10-7-9-13(3)12-15;1-3-2;5*1-2/h5-10,12H,1-2,11H2,3-4H3;3H,1H2,2H3;1-2H3;4*1H3/b14-8+;;;;;;. The Morgan fingerprint density at radius 1 is 0.931 bits per heavy atom. The summed E-state index contributed by atoms with van der Waals surface area (Å²) in [6.45, 7) is 21.8. The molecule has 0 aromatic heterocycles. The number of rotatable bonds is 5. The molecular formula is C24H43F4N. The van der Waals surface area contributed by atoms with Gasteiger partial charge in [0.05, 0.1) is 28.7 Å². The maximum Gasteiger partial charge on any atom is 0.0785 e. The molecule has 0 aliphatic heterocycles. The highest BCUT2D eigenvalue weighted by atomic mass is 19.1. The molecule has 0 atom stereocenters. The number of benzene rings is 1. The number of hydrogen-bond donors (Lipinski definition) is 0. The lowest BCUT2D eigenvalue weighted by Gasteiger charge is -2.24. The zero-order valence-corrected chi connectivity index (χ0v) is 19.9. The quantitative estimate of drug-likeness (QED) is 0.261. The van der Waals surface area contributed by atoms with Crippen LogP contribution >= 0.6 is 0 Å². The summed E-state index contributed by atoms with van der Waals surface area (Å²) in [5, 5.41) is 0. The highest BCUT2D eigenvalue weighted by Gasteiger charge is 2.05. The number of hydrogen-bond acceptors (Lipinski definition) is 1. The average Bonchev–Trinajstić information content (AvgIpc) is 2.79. The van der Waals surface area contributed by atoms with Crippen LogP contribution in [0.1, 0.15) is 33.3 Å². The highest BCUT2D eigenvalue weighted by Crippen LogP contribution is 2.20. The topological polar surface area (TPSA) is 3.24 Å². The van der Waals surface area contributed by atoms with E-state index in [1.165, 1.54) is 16.9 Å². The predicted molar refractivity (Wildman–Crippen MR) is 128 cm³/mol. The van der Waals surface area contributed by atoms with Gasteiger partial charge >= 0.3 is 0 Å². The van der Waals surface area contributed by atoms with E-state index in [4.69, 9.17) is 0 Å². The molecule has 0 fully saturated rings. The van der Waals surface area contributed by atoms with Crippen LogP contribution in [0.15, 0.2) is 74.0 Å². The molecule has 0 radical (unpaired) electrons. The van der Waals surface area contributed by atoms with E-state index >= 15 is 0 Å². The number of nitrogens with zero attached hydrogens (tertiary/aromatic N) is 1. The Labute approximate surface area is 178 Å². The van der Waals surface area contributed by atoms with Gasteiger partial charge in [-0.2, -0.15) is 0 Å². The van der Waals surface area contributed by atoms with Crippen molar-refractivity contribution in [1.82, 2.24) is 0 Å². The largest absolute Gasteiger partial charge is 0.342 e. The van der Waals surface area contributed by atoms with E-state index in [0.717, 1.165) is 6.54 Å². The zero-order valence-electron chi connectivity index (χ0n) is 19.9. The fraction of sp³-hybridized carbons (Fsp3) is 0.417. The predicted octanol–water partition coefficient (Wildman–Crippen LogP) is 8.64. The van der Waals surface area contributed by atoms with Crippen LogP contribution in [-0.4, -0.2) is 35.3 Å². The summed E-state index contributed by atoms with van der Waals surface area (Å²) in [5.41, 5.74) is 3.62. The SMILES string of the molecule is C=C/C=C(\C)N(CC=C)c1cccc(C)c1.C=CC.CC.CF.CF.CF.CF. The number of aryl methyl sites for hydroxylation is 1. The molecule has 1 rings (SSSR count). The molecule has 1 aromatic rings. The molecular weight excluding hydrogens is 378 g/mol. The first-order valence-corrected chi connectivity index (χ1v) is 8.93. The average molecular weight is 422 g/mol. The lowest BCUT2D eigenvalue weighted by Crippen LogP contribution is -2.20. The Hall–Kier alpha value is -2.30. The monoisotopic (exact) mass is 421 g/mol. The maximum atomic E-state index is 9.50. The minimum Gasteiger partial charge on any atom is -0.342 e. The van der Waals surface area contributed by atoms with Crippen molar-refractivity contribution >= 4 is 5.69 Å². The summed E-state index contributed by atoms with van der Waals surface area (Å²) >= 11 is 0. The van der Waals surface area contributed by atoms with Crippen molar-refractivity contribution in [2.45, 2.75) is 34.6 Å². The van der Waals surface area contributed by atoms with Crippen LogP contribution in [0, 0.1) is 6.92 Å². The number of anilines is 1. The lowest BCUT2D eigenvalue weighted by molar-refractivity contribution is 0.635. The van der Waals surface area contributed by atoms with Crippen LogP contribution in [0.25, 0.3) is 0 Å². The first kappa shape index (κ1) is 41.2. The molecule has 0 unspecified atom stereocenters. The van der Waals surface area contributed by atoms with E-state index in [0.29, 0.717) is 28.7 Å². The van der Waals surface area contributed by atoms with Crippen molar-refractivity contribution in [3.8, 4) is 0 Å². The molecule has 0 spiro atoms. The van der Waals surface area contributed by atoms with Gasteiger partial charge in [0.1, 0.15) is 0 Å². The van der Waals surface area contributed by atoms with E-state index in [2.05, 4.69) is 62.7 Å². The Kier molecular flexibility index (Phi) is 63.6.